The van der Waals surface area contributed by atoms with E-state index >= 15 is 0 Å². The standard InChI is InChI=1S/C18H24ClN3O3/c1-25-7-6-21-17(23)13-5-4-12(9-14(13)19)22-18(24)15-10-2-3-11(8-10)16(15)20/h4-5,9-11,15-16H,2-3,6-8,20H2,1H3,(H,21,23)(H,22,24). The van der Waals surface area contributed by atoms with Gasteiger partial charge in [-0.1, -0.05) is 11.6 Å². The lowest BCUT2D eigenvalue weighted by molar-refractivity contribution is -0.121. The first-order valence-electron chi connectivity index (χ1n) is 8.64. The average Bonchev–Trinajstić information content (AvgIpc) is 3.16. The van der Waals surface area contributed by atoms with Crippen LogP contribution in [0.15, 0.2) is 18.2 Å². The molecule has 0 saturated heterocycles. The van der Waals surface area contributed by atoms with Gasteiger partial charge < -0.3 is 21.1 Å². The zero-order valence-corrected chi connectivity index (χ0v) is 15.0. The van der Waals surface area contributed by atoms with Crippen LogP contribution >= 0.6 is 11.6 Å². The Balaban J connectivity index is 1.63. The molecule has 6 nitrogen and oxygen atoms in total. The van der Waals surface area contributed by atoms with E-state index in [-0.39, 0.29) is 23.8 Å². The Morgan fingerprint density at radius 3 is 2.72 bits per heavy atom. The van der Waals surface area contributed by atoms with E-state index in [1.54, 1.807) is 25.3 Å². The summed E-state index contributed by atoms with van der Waals surface area (Å²) in [5.74, 6) is 0.418. The van der Waals surface area contributed by atoms with E-state index in [9.17, 15) is 9.59 Å². The molecule has 0 spiro atoms. The van der Waals surface area contributed by atoms with E-state index in [2.05, 4.69) is 10.6 Å². The third-order valence-corrected chi connectivity index (χ3v) is 5.67. The van der Waals surface area contributed by atoms with Gasteiger partial charge in [0.05, 0.1) is 23.1 Å². The molecule has 4 atom stereocenters. The highest BCUT2D eigenvalue weighted by Crippen LogP contribution is 2.47. The summed E-state index contributed by atoms with van der Waals surface area (Å²) in [6, 6.07) is 4.85. The summed E-state index contributed by atoms with van der Waals surface area (Å²) < 4.78 is 4.89. The summed E-state index contributed by atoms with van der Waals surface area (Å²) in [6.45, 7) is 0.841. The van der Waals surface area contributed by atoms with Gasteiger partial charge in [-0.05, 0) is 49.3 Å². The molecule has 136 valence electrons. The van der Waals surface area contributed by atoms with Crippen LogP contribution < -0.4 is 16.4 Å². The van der Waals surface area contributed by atoms with Crippen molar-refractivity contribution in [1.29, 1.82) is 0 Å². The largest absolute Gasteiger partial charge is 0.383 e. The molecule has 25 heavy (non-hydrogen) atoms. The lowest BCUT2D eigenvalue weighted by Gasteiger charge is -2.27. The Morgan fingerprint density at radius 1 is 1.32 bits per heavy atom. The summed E-state index contributed by atoms with van der Waals surface area (Å²) in [5.41, 5.74) is 7.17. The third-order valence-electron chi connectivity index (χ3n) is 5.36. The Bertz CT molecular complexity index is 665. The topological polar surface area (TPSA) is 93.5 Å². The Kier molecular flexibility index (Phi) is 5.61. The van der Waals surface area contributed by atoms with Gasteiger partial charge in [0, 0.05) is 25.4 Å². The summed E-state index contributed by atoms with van der Waals surface area (Å²) in [6.07, 6.45) is 3.27. The summed E-state index contributed by atoms with van der Waals surface area (Å²) in [4.78, 5) is 24.6. The first kappa shape index (κ1) is 18.2. The minimum Gasteiger partial charge on any atom is -0.383 e. The van der Waals surface area contributed by atoms with E-state index in [1.807, 2.05) is 0 Å². The van der Waals surface area contributed by atoms with Gasteiger partial charge in [-0.15, -0.1) is 0 Å². The summed E-state index contributed by atoms with van der Waals surface area (Å²) in [5, 5.41) is 5.92. The van der Waals surface area contributed by atoms with Crippen molar-refractivity contribution < 1.29 is 14.3 Å². The minimum atomic E-state index is -0.268. The smallest absolute Gasteiger partial charge is 0.252 e. The number of hydrogen-bond acceptors (Lipinski definition) is 4. The number of ether oxygens (including phenoxy) is 1. The molecule has 7 heteroatoms. The number of hydrogen-bond donors (Lipinski definition) is 3. The van der Waals surface area contributed by atoms with Crippen LogP contribution in [0.4, 0.5) is 5.69 Å². The highest BCUT2D eigenvalue weighted by atomic mass is 35.5. The van der Waals surface area contributed by atoms with E-state index in [4.69, 9.17) is 22.1 Å². The second kappa shape index (κ2) is 7.72. The van der Waals surface area contributed by atoms with E-state index in [0.717, 1.165) is 19.3 Å². The molecule has 0 radical (unpaired) electrons. The number of nitrogens with one attached hydrogen (secondary N) is 2. The molecule has 1 aromatic carbocycles. The van der Waals surface area contributed by atoms with Crippen LogP contribution in [0.3, 0.4) is 0 Å². The highest BCUT2D eigenvalue weighted by molar-refractivity contribution is 6.34. The maximum Gasteiger partial charge on any atom is 0.252 e. The zero-order chi connectivity index (χ0) is 18.0. The van der Waals surface area contributed by atoms with Crippen LogP contribution in [0.5, 0.6) is 0 Å². The van der Waals surface area contributed by atoms with Gasteiger partial charge in [-0.3, -0.25) is 9.59 Å². The van der Waals surface area contributed by atoms with Crippen molar-refractivity contribution >= 4 is 29.1 Å². The molecule has 2 bridgehead atoms. The van der Waals surface area contributed by atoms with Gasteiger partial charge >= 0.3 is 0 Å². The maximum absolute atomic E-state index is 12.6. The molecule has 0 aliphatic heterocycles. The van der Waals surface area contributed by atoms with Gasteiger partial charge in [0.25, 0.3) is 5.91 Å². The van der Waals surface area contributed by atoms with E-state index in [0.29, 0.717) is 41.3 Å². The van der Waals surface area contributed by atoms with Crippen molar-refractivity contribution in [3.05, 3.63) is 28.8 Å². The lowest BCUT2D eigenvalue weighted by atomic mass is 9.84. The summed E-state index contributed by atoms with van der Waals surface area (Å²) in [7, 11) is 1.57. The highest BCUT2D eigenvalue weighted by Gasteiger charge is 2.49. The fourth-order valence-corrected chi connectivity index (χ4v) is 4.36. The Labute approximate surface area is 152 Å². The number of nitrogens with two attached hydrogens (primary N) is 1. The van der Waals surface area contributed by atoms with Gasteiger partial charge in [0.2, 0.25) is 5.91 Å². The van der Waals surface area contributed by atoms with E-state index < -0.39 is 0 Å². The predicted octanol–water partition coefficient (Wildman–Crippen LogP) is 2.03. The maximum atomic E-state index is 12.6. The Hall–Kier alpha value is -1.63. The molecule has 2 amide bonds. The van der Waals surface area contributed by atoms with Gasteiger partial charge in [0.15, 0.2) is 0 Å². The molecule has 0 heterocycles. The molecular formula is C18H24ClN3O3. The number of carbonyl (C=O) groups excluding carboxylic acids is 2. The Morgan fingerprint density at radius 2 is 2.08 bits per heavy atom. The van der Waals surface area contributed by atoms with Crippen LogP contribution in [0.1, 0.15) is 29.6 Å². The molecule has 2 aliphatic carbocycles. The molecular weight excluding hydrogens is 342 g/mol. The first-order chi connectivity index (χ1) is 12.0. The number of fused-ring (bicyclic) bond motifs is 2. The van der Waals surface area contributed by atoms with Crippen LogP contribution in [0.25, 0.3) is 0 Å². The molecule has 2 fully saturated rings. The molecule has 0 aromatic heterocycles. The average molecular weight is 366 g/mol. The number of anilines is 1. The van der Waals surface area contributed by atoms with Crippen LogP contribution in [0, 0.1) is 17.8 Å². The van der Waals surface area contributed by atoms with Gasteiger partial charge in [-0.25, -0.2) is 0 Å². The minimum absolute atomic E-state index is 0.0481. The number of carbonyl (C=O) groups is 2. The zero-order valence-electron chi connectivity index (χ0n) is 14.3. The quantitative estimate of drug-likeness (QED) is 0.672. The monoisotopic (exact) mass is 365 g/mol. The molecule has 3 rings (SSSR count). The third kappa shape index (κ3) is 3.81. The van der Waals surface area contributed by atoms with Gasteiger partial charge in [-0.2, -0.15) is 0 Å². The fraction of sp³-hybridized carbons (Fsp3) is 0.556. The number of amides is 2. The van der Waals surface area contributed by atoms with Crippen molar-refractivity contribution in [3.8, 4) is 0 Å². The number of rotatable bonds is 6. The second-order valence-corrected chi connectivity index (χ2v) is 7.28. The molecule has 2 saturated carbocycles. The van der Waals surface area contributed by atoms with E-state index in [1.165, 1.54) is 0 Å². The fourth-order valence-electron chi connectivity index (χ4n) is 4.09. The van der Waals surface area contributed by atoms with Crippen molar-refractivity contribution in [3.63, 3.8) is 0 Å². The van der Waals surface area contributed by atoms with Crippen molar-refractivity contribution in [1.82, 2.24) is 5.32 Å². The van der Waals surface area contributed by atoms with Crippen LogP contribution in [0.2, 0.25) is 5.02 Å². The molecule has 1 aromatic rings. The van der Waals surface area contributed by atoms with Crippen LogP contribution in [-0.4, -0.2) is 38.1 Å². The number of methoxy groups -OCH3 is 1. The SMILES string of the molecule is COCCNC(=O)c1ccc(NC(=O)C2C3CCC(C3)C2N)cc1Cl. The van der Waals surface area contributed by atoms with Gasteiger partial charge in [0.1, 0.15) is 0 Å². The number of benzene rings is 1. The normalized spacial score (nSPS) is 27.3. The van der Waals surface area contributed by atoms with Crippen molar-refractivity contribution in [2.45, 2.75) is 25.3 Å². The lowest BCUT2D eigenvalue weighted by Crippen LogP contribution is -2.42. The van der Waals surface area contributed by atoms with Crippen LogP contribution in [-0.2, 0) is 9.53 Å². The van der Waals surface area contributed by atoms with Crippen molar-refractivity contribution in [2.75, 3.05) is 25.6 Å². The predicted molar refractivity (Wildman–Crippen MR) is 96.6 cm³/mol. The molecule has 4 unspecified atom stereocenters. The molecule has 2 aliphatic rings. The molecule has 4 N–H and O–H groups in total. The first-order valence-corrected chi connectivity index (χ1v) is 9.02. The number of halogens is 1. The van der Waals surface area contributed by atoms with Crippen molar-refractivity contribution in [2.24, 2.45) is 23.5 Å². The second-order valence-electron chi connectivity index (χ2n) is 6.87. The summed E-state index contributed by atoms with van der Waals surface area (Å²) >= 11 is 6.20.